The molecular formula is C16H25NO3S2. The lowest BCUT2D eigenvalue weighted by Gasteiger charge is -2.30. The molecule has 0 unspecified atom stereocenters. The molecule has 0 spiro atoms. The lowest BCUT2D eigenvalue weighted by molar-refractivity contribution is 0.0574. The number of aryl methyl sites for hydroxylation is 2. The molecule has 0 amide bonds. The van der Waals surface area contributed by atoms with Crippen molar-refractivity contribution >= 4 is 21.2 Å². The van der Waals surface area contributed by atoms with Crippen LogP contribution >= 0.6 is 11.3 Å². The van der Waals surface area contributed by atoms with E-state index in [1.165, 1.54) is 15.3 Å². The second-order valence-electron chi connectivity index (χ2n) is 6.56. The summed E-state index contributed by atoms with van der Waals surface area (Å²) in [5.41, 5.74) is 1.34. The predicted molar refractivity (Wildman–Crippen MR) is 90.2 cm³/mol. The molecule has 1 aromatic heterocycles. The summed E-state index contributed by atoms with van der Waals surface area (Å²) in [5.74, 6) is 0.642. The highest BCUT2D eigenvalue weighted by Crippen LogP contribution is 2.27. The van der Waals surface area contributed by atoms with E-state index >= 15 is 0 Å². The fourth-order valence-electron chi connectivity index (χ4n) is 3.52. The Bertz CT molecular complexity index is 617. The van der Waals surface area contributed by atoms with Crippen molar-refractivity contribution in [1.82, 2.24) is 4.90 Å². The number of sulfone groups is 1. The standard InChI is InChI=1S/C16H25NO3S2/c1-12-8-14(13(2)21-12)9-17(10-16-4-3-6-20-16)15-5-7-22(18,19)11-15/h8,15-16H,3-7,9-11H2,1-2H3/t15-,16+/m1/s1. The summed E-state index contributed by atoms with van der Waals surface area (Å²) in [4.78, 5) is 5.02. The summed E-state index contributed by atoms with van der Waals surface area (Å²) in [5, 5.41) is 0. The lowest BCUT2D eigenvalue weighted by atomic mass is 10.1. The number of ether oxygens (including phenoxy) is 1. The molecule has 2 aliphatic heterocycles. The Labute approximate surface area is 137 Å². The van der Waals surface area contributed by atoms with E-state index < -0.39 is 9.84 Å². The van der Waals surface area contributed by atoms with E-state index in [4.69, 9.17) is 4.74 Å². The van der Waals surface area contributed by atoms with Crippen LogP contribution in [-0.2, 0) is 21.1 Å². The third kappa shape index (κ3) is 3.91. The molecule has 22 heavy (non-hydrogen) atoms. The van der Waals surface area contributed by atoms with Crippen molar-refractivity contribution in [2.45, 2.75) is 51.8 Å². The monoisotopic (exact) mass is 343 g/mol. The van der Waals surface area contributed by atoms with Gasteiger partial charge in [0.25, 0.3) is 0 Å². The third-order valence-electron chi connectivity index (χ3n) is 4.70. The van der Waals surface area contributed by atoms with Crippen LogP contribution in [0.1, 0.15) is 34.6 Å². The summed E-state index contributed by atoms with van der Waals surface area (Å²) in [6.45, 7) is 6.83. The Kier molecular flexibility index (Phi) is 4.92. The fraction of sp³-hybridized carbons (Fsp3) is 0.750. The van der Waals surface area contributed by atoms with Gasteiger partial charge in [0.2, 0.25) is 0 Å². The molecule has 2 atom stereocenters. The summed E-state index contributed by atoms with van der Waals surface area (Å²) >= 11 is 1.82. The molecule has 4 nitrogen and oxygen atoms in total. The smallest absolute Gasteiger partial charge is 0.151 e. The van der Waals surface area contributed by atoms with Gasteiger partial charge in [0.1, 0.15) is 0 Å². The van der Waals surface area contributed by atoms with Crippen LogP contribution in [0.25, 0.3) is 0 Å². The number of thiophene rings is 1. The minimum Gasteiger partial charge on any atom is -0.377 e. The van der Waals surface area contributed by atoms with E-state index in [0.717, 1.165) is 39.0 Å². The van der Waals surface area contributed by atoms with Crippen molar-refractivity contribution in [1.29, 1.82) is 0 Å². The highest BCUT2D eigenvalue weighted by atomic mass is 32.2. The predicted octanol–water partition coefficient (Wildman–Crippen LogP) is 2.53. The first kappa shape index (κ1) is 16.4. The van der Waals surface area contributed by atoms with E-state index in [0.29, 0.717) is 11.5 Å². The Hall–Kier alpha value is -0.430. The van der Waals surface area contributed by atoms with Crippen molar-refractivity contribution in [2.24, 2.45) is 0 Å². The molecule has 2 fully saturated rings. The average molecular weight is 344 g/mol. The molecule has 2 saturated heterocycles. The Balaban J connectivity index is 1.74. The van der Waals surface area contributed by atoms with Crippen LogP contribution in [0.15, 0.2) is 6.07 Å². The van der Waals surface area contributed by atoms with Crippen LogP contribution in [0.3, 0.4) is 0 Å². The number of nitrogens with zero attached hydrogens (tertiary/aromatic N) is 1. The zero-order chi connectivity index (χ0) is 15.7. The molecule has 0 radical (unpaired) electrons. The molecule has 0 bridgehead atoms. The van der Waals surface area contributed by atoms with Crippen LogP contribution in [0.2, 0.25) is 0 Å². The molecule has 6 heteroatoms. The van der Waals surface area contributed by atoms with Crippen molar-refractivity contribution in [2.75, 3.05) is 24.7 Å². The van der Waals surface area contributed by atoms with E-state index in [1.807, 2.05) is 11.3 Å². The van der Waals surface area contributed by atoms with Gasteiger partial charge in [0.05, 0.1) is 17.6 Å². The first-order chi connectivity index (χ1) is 10.4. The normalized spacial score (nSPS) is 27.8. The average Bonchev–Trinajstić information content (AvgIpc) is 3.12. The van der Waals surface area contributed by atoms with Gasteiger partial charge in [-0.3, -0.25) is 4.90 Å². The maximum atomic E-state index is 11.9. The topological polar surface area (TPSA) is 46.6 Å². The highest BCUT2D eigenvalue weighted by molar-refractivity contribution is 7.91. The van der Waals surface area contributed by atoms with Gasteiger partial charge in [0.15, 0.2) is 9.84 Å². The van der Waals surface area contributed by atoms with Gasteiger partial charge in [-0.15, -0.1) is 11.3 Å². The van der Waals surface area contributed by atoms with E-state index in [1.54, 1.807) is 0 Å². The van der Waals surface area contributed by atoms with E-state index in [-0.39, 0.29) is 12.1 Å². The molecule has 1 aromatic rings. The van der Waals surface area contributed by atoms with Crippen molar-refractivity contribution in [3.8, 4) is 0 Å². The van der Waals surface area contributed by atoms with Crippen LogP contribution in [0.4, 0.5) is 0 Å². The van der Waals surface area contributed by atoms with Gasteiger partial charge in [0, 0.05) is 35.5 Å². The zero-order valence-corrected chi connectivity index (χ0v) is 15.0. The van der Waals surface area contributed by atoms with Gasteiger partial charge >= 0.3 is 0 Å². The summed E-state index contributed by atoms with van der Waals surface area (Å²) < 4.78 is 29.5. The molecule has 2 aliphatic rings. The maximum Gasteiger partial charge on any atom is 0.151 e. The first-order valence-electron chi connectivity index (χ1n) is 8.05. The van der Waals surface area contributed by atoms with Crippen LogP contribution in [-0.4, -0.2) is 50.1 Å². The van der Waals surface area contributed by atoms with Gasteiger partial charge < -0.3 is 4.74 Å². The molecule has 0 N–H and O–H groups in total. The van der Waals surface area contributed by atoms with Gasteiger partial charge in [-0.05, 0) is 44.7 Å². The number of hydrogen-bond donors (Lipinski definition) is 0. The maximum absolute atomic E-state index is 11.9. The number of rotatable bonds is 5. The SMILES string of the molecule is Cc1cc(CN(C[C@@H]2CCCO2)[C@@H]2CCS(=O)(=O)C2)c(C)s1. The minimum atomic E-state index is -2.85. The number of hydrogen-bond acceptors (Lipinski definition) is 5. The van der Waals surface area contributed by atoms with Crippen LogP contribution in [0.5, 0.6) is 0 Å². The fourth-order valence-corrected chi connectivity index (χ4v) is 6.22. The van der Waals surface area contributed by atoms with Crippen LogP contribution in [0, 0.1) is 13.8 Å². The van der Waals surface area contributed by atoms with Gasteiger partial charge in [-0.2, -0.15) is 0 Å². The van der Waals surface area contributed by atoms with Crippen LogP contribution < -0.4 is 0 Å². The molecule has 0 saturated carbocycles. The van der Waals surface area contributed by atoms with Gasteiger partial charge in [-0.25, -0.2) is 8.42 Å². The third-order valence-corrected chi connectivity index (χ3v) is 7.46. The zero-order valence-electron chi connectivity index (χ0n) is 13.4. The quantitative estimate of drug-likeness (QED) is 0.824. The van der Waals surface area contributed by atoms with Crippen molar-refractivity contribution in [3.63, 3.8) is 0 Å². The summed E-state index contributed by atoms with van der Waals surface area (Å²) in [6.07, 6.45) is 3.25. The van der Waals surface area contributed by atoms with Crippen molar-refractivity contribution in [3.05, 3.63) is 21.4 Å². The molecule has 3 rings (SSSR count). The Morgan fingerprint density at radius 1 is 1.36 bits per heavy atom. The van der Waals surface area contributed by atoms with Crippen molar-refractivity contribution < 1.29 is 13.2 Å². The molecule has 0 aliphatic carbocycles. The Morgan fingerprint density at radius 2 is 2.18 bits per heavy atom. The largest absolute Gasteiger partial charge is 0.377 e. The summed E-state index contributed by atoms with van der Waals surface area (Å²) in [6, 6.07) is 2.39. The first-order valence-corrected chi connectivity index (χ1v) is 10.7. The molecule has 3 heterocycles. The Morgan fingerprint density at radius 3 is 2.73 bits per heavy atom. The molecular weight excluding hydrogens is 318 g/mol. The van der Waals surface area contributed by atoms with Gasteiger partial charge in [-0.1, -0.05) is 0 Å². The van der Waals surface area contributed by atoms with E-state index in [9.17, 15) is 8.42 Å². The van der Waals surface area contributed by atoms with E-state index in [2.05, 4.69) is 24.8 Å². The second kappa shape index (κ2) is 6.59. The minimum absolute atomic E-state index is 0.147. The summed E-state index contributed by atoms with van der Waals surface area (Å²) in [7, 11) is -2.85. The second-order valence-corrected chi connectivity index (χ2v) is 10.2. The highest BCUT2D eigenvalue weighted by Gasteiger charge is 2.34. The molecule has 0 aromatic carbocycles. The molecule has 124 valence electrons. The lowest BCUT2D eigenvalue weighted by Crippen LogP contribution is -2.40.